The Kier molecular flexibility index (Phi) is 6.21. The minimum Gasteiger partial charge on any atom is -0.356 e. The molecule has 0 spiro atoms. The van der Waals surface area contributed by atoms with E-state index in [1.165, 1.54) is 14.1 Å². The van der Waals surface area contributed by atoms with Crippen LogP contribution in [-0.4, -0.2) is 49.8 Å². The number of nitrogens with one attached hydrogen (secondary N) is 1. The molecular weight excluding hydrogens is 396 g/mol. The average molecular weight is 420 g/mol. The van der Waals surface area contributed by atoms with Crippen molar-refractivity contribution in [2.24, 2.45) is 5.10 Å². The highest BCUT2D eigenvalue weighted by Gasteiger charge is 2.21. The molecule has 3 heterocycles. The lowest BCUT2D eigenvalue weighted by Crippen LogP contribution is -2.29. The van der Waals surface area contributed by atoms with Crippen LogP contribution in [0, 0.1) is 0 Å². The third kappa shape index (κ3) is 4.88. The van der Waals surface area contributed by atoms with Gasteiger partial charge >= 0.3 is 5.69 Å². The predicted octanol–water partition coefficient (Wildman–Crippen LogP) is 1.42. The Hall–Kier alpha value is -3.75. The first-order valence-electron chi connectivity index (χ1n) is 10.4. The zero-order chi connectivity index (χ0) is 21.6. The molecule has 9 nitrogen and oxygen atoms in total. The minimum atomic E-state index is -0.200. The molecule has 3 aromatic rings. The van der Waals surface area contributed by atoms with Crippen LogP contribution in [0.4, 0.5) is 0 Å². The fourth-order valence-corrected chi connectivity index (χ4v) is 3.48. The van der Waals surface area contributed by atoms with Crippen molar-refractivity contribution in [3.05, 3.63) is 70.8 Å². The normalized spacial score (nSPS) is 13.4. The molecule has 9 heteroatoms. The number of carbonyl (C=O) groups excluding carboxylic acids is 2. The van der Waals surface area contributed by atoms with Crippen LogP contribution in [0.1, 0.15) is 31.2 Å². The summed E-state index contributed by atoms with van der Waals surface area (Å²) in [7, 11) is 0. The first kappa shape index (κ1) is 20.5. The summed E-state index contributed by atoms with van der Waals surface area (Å²) >= 11 is 0. The van der Waals surface area contributed by atoms with Gasteiger partial charge in [0.1, 0.15) is 0 Å². The molecule has 1 aliphatic rings. The van der Waals surface area contributed by atoms with E-state index in [0.29, 0.717) is 38.1 Å². The predicted molar refractivity (Wildman–Crippen MR) is 116 cm³/mol. The molecule has 0 radical (unpaired) electrons. The van der Waals surface area contributed by atoms with Crippen molar-refractivity contribution in [2.45, 2.75) is 32.2 Å². The Labute approximate surface area is 179 Å². The fourth-order valence-electron chi connectivity index (χ4n) is 3.48. The fraction of sp³-hybridized carbons (Fsp3) is 0.318. The lowest BCUT2D eigenvalue weighted by Gasteiger charge is -2.11. The minimum absolute atomic E-state index is 0.111. The summed E-state index contributed by atoms with van der Waals surface area (Å²) in [5, 5.41) is 12.9. The zero-order valence-electron chi connectivity index (χ0n) is 17.1. The second-order valence-corrected chi connectivity index (χ2v) is 7.32. The maximum atomic E-state index is 12.4. The Morgan fingerprint density at radius 1 is 1.03 bits per heavy atom. The van der Waals surface area contributed by atoms with Crippen LogP contribution >= 0.6 is 0 Å². The lowest BCUT2D eigenvalue weighted by atomic mass is 10.1. The van der Waals surface area contributed by atoms with Gasteiger partial charge in [-0.05, 0) is 24.1 Å². The molecule has 4 rings (SSSR count). The molecule has 1 N–H and O–H groups in total. The highest BCUT2D eigenvalue weighted by Crippen LogP contribution is 2.14. The van der Waals surface area contributed by atoms with Crippen molar-refractivity contribution in [3.63, 3.8) is 0 Å². The van der Waals surface area contributed by atoms with Crippen LogP contribution in [0.2, 0.25) is 0 Å². The summed E-state index contributed by atoms with van der Waals surface area (Å²) in [4.78, 5) is 36.6. The van der Waals surface area contributed by atoms with Crippen LogP contribution in [0.25, 0.3) is 5.65 Å². The van der Waals surface area contributed by atoms with E-state index in [1.54, 1.807) is 18.3 Å². The number of hydrogen-bond acceptors (Lipinski definition) is 5. The number of aryl methyl sites for hydroxylation is 1. The summed E-state index contributed by atoms with van der Waals surface area (Å²) < 4.78 is 2.87. The number of benzene rings is 1. The van der Waals surface area contributed by atoms with Gasteiger partial charge in [0.25, 0.3) is 0 Å². The number of rotatable bonds is 8. The lowest BCUT2D eigenvalue weighted by molar-refractivity contribution is -0.133. The Morgan fingerprint density at radius 3 is 2.65 bits per heavy atom. The Balaban J connectivity index is 1.18. The van der Waals surface area contributed by atoms with E-state index in [1.807, 2.05) is 36.4 Å². The van der Waals surface area contributed by atoms with Crippen LogP contribution in [0.3, 0.4) is 0 Å². The van der Waals surface area contributed by atoms with Crippen LogP contribution in [-0.2, 0) is 16.1 Å². The molecule has 0 unspecified atom stereocenters. The first-order valence-corrected chi connectivity index (χ1v) is 10.4. The van der Waals surface area contributed by atoms with Gasteiger partial charge in [0.05, 0.1) is 12.3 Å². The molecule has 0 saturated heterocycles. The largest absolute Gasteiger partial charge is 0.356 e. The van der Waals surface area contributed by atoms with Crippen molar-refractivity contribution in [1.82, 2.24) is 24.5 Å². The molecule has 2 amide bonds. The van der Waals surface area contributed by atoms with Crippen LogP contribution in [0.15, 0.2) is 64.6 Å². The number of carbonyl (C=O) groups is 2. The highest BCUT2D eigenvalue weighted by atomic mass is 16.2. The topological polar surface area (TPSA) is 101 Å². The molecule has 31 heavy (non-hydrogen) atoms. The summed E-state index contributed by atoms with van der Waals surface area (Å²) in [5.41, 5.74) is 2.30. The molecule has 0 saturated carbocycles. The molecule has 2 aromatic heterocycles. The average Bonchev–Trinajstić information content (AvgIpc) is 3.41. The zero-order valence-corrected chi connectivity index (χ0v) is 17.1. The molecule has 1 aliphatic heterocycles. The van der Waals surface area contributed by atoms with Gasteiger partial charge in [0.15, 0.2) is 5.65 Å². The molecule has 0 atom stereocenters. The van der Waals surface area contributed by atoms with E-state index in [9.17, 15) is 14.4 Å². The number of pyridine rings is 1. The molecule has 160 valence electrons. The summed E-state index contributed by atoms with van der Waals surface area (Å²) in [6, 6.07) is 15.1. The third-order valence-corrected chi connectivity index (χ3v) is 5.12. The van der Waals surface area contributed by atoms with Gasteiger partial charge in [-0.15, -0.1) is 5.10 Å². The van der Waals surface area contributed by atoms with E-state index in [2.05, 4.69) is 15.5 Å². The van der Waals surface area contributed by atoms with Crippen LogP contribution in [0.5, 0.6) is 0 Å². The molecular formula is C22H24N6O3. The van der Waals surface area contributed by atoms with E-state index < -0.39 is 0 Å². The van der Waals surface area contributed by atoms with Crippen LogP contribution < -0.4 is 11.0 Å². The maximum Gasteiger partial charge on any atom is 0.350 e. The molecule has 0 aliphatic carbocycles. The van der Waals surface area contributed by atoms with Gasteiger partial charge in [-0.1, -0.05) is 36.4 Å². The third-order valence-electron chi connectivity index (χ3n) is 5.12. The second-order valence-electron chi connectivity index (χ2n) is 7.32. The Morgan fingerprint density at radius 2 is 1.84 bits per heavy atom. The van der Waals surface area contributed by atoms with Gasteiger partial charge in [-0.3, -0.25) is 14.0 Å². The van der Waals surface area contributed by atoms with Crippen molar-refractivity contribution in [3.8, 4) is 0 Å². The van der Waals surface area contributed by atoms with E-state index in [0.717, 1.165) is 11.3 Å². The van der Waals surface area contributed by atoms with Gasteiger partial charge in [0.2, 0.25) is 11.8 Å². The highest BCUT2D eigenvalue weighted by molar-refractivity contribution is 6.02. The number of amides is 2. The summed E-state index contributed by atoms with van der Waals surface area (Å²) in [6.45, 7) is 1.36. The number of nitrogens with zero attached hydrogens (tertiary/aromatic N) is 5. The molecule has 0 bridgehead atoms. The quantitative estimate of drug-likeness (QED) is 0.557. The van der Waals surface area contributed by atoms with Gasteiger partial charge < -0.3 is 5.32 Å². The standard InChI is InChI=1S/C22H24N6O3/c29-20(23-13-6-15-28-22(31)26-14-5-4-9-19(26)25-28)10-11-21(30)27-16-12-18(24-27)17-7-2-1-3-8-17/h1-5,7-9,14H,6,10-13,15-16H2,(H,23,29). The first-order chi connectivity index (χ1) is 15.1. The van der Waals surface area contributed by atoms with Gasteiger partial charge in [-0.2, -0.15) is 5.10 Å². The van der Waals surface area contributed by atoms with Crippen molar-refractivity contribution in [2.75, 3.05) is 13.1 Å². The van der Waals surface area contributed by atoms with Crippen molar-refractivity contribution < 1.29 is 9.59 Å². The number of hydrogen-bond donors (Lipinski definition) is 1. The molecule has 1 aromatic carbocycles. The maximum absolute atomic E-state index is 12.4. The van der Waals surface area contributed by atoms with Gasteiger partial charge in [0, 0.05) is 38.5 Å². The van der Waals surface area contributed by atoms with E-state index >= 15 is 0 Å². The molecule has 0 fully saturated rings. The number of fused-ring (bicyclic) bond motifs is 1. The van der Waals surface area contributed by atoms with Gasteiger partial charge in [-0.25, -0.2) is 14.5 Å². The smallest absolute Gasteiger partial charge is 0.350 e. The Bertz CT molecular complexity index is 1160. The second kappa shape index (κ2) is 9.38. The van der Waals surface area contributed by atoms with E-state index in [-0.39, 0.29) is 30.3 Å². The number of aromatic nitrogens is 3. The van der Waals surface area contributed by atoms with E-state index in [4.69, 9.17) is 0 Å². The summed E-state index contributed by atoms with van der Waals surface area (Å²) in [6.07, 6.45) is 3.18. The SMILES string of the molecule is O=C(CCC(=O)N1CCC(c2ccccc2)=N1)NCCCn1nc2ccccn2c1=O. The van der Waals surface area contributed by atoms with Crippen molar-refractivity contribution in [1.29, 1.82) is 0 Å². The number of hydrazone groups is 1. The summed E-state index contributed by atoms with van der Waals surface area (Å²) in [5.74, 6) is -0.348. The monoisotopic (exact) mass is 420 g/mol. The van der Waals surface area contributed by atoms with Crippen molar-refractivity contribution >= 4 is 23.2 Å².